The molecule has 0 spiro atoms. The van der Waals surface area contributed by atoms with Crippen molar-refractivity contribution in [3.05, 3.63) is 23.5 Å². The first-order valence-electron chi connectivity index (χ1n) is 5.70. The quantitative estimate of drug-likeness (QED) is 0.589. The van der Waals surface area contributed by atoms with Crippen LogP contribution < -0.4 is 0 Å². The van der Waals surface area contributed by atoms with Crippen LogP contribution in [0.3, 0.4) is 0 Å². The molecule has 0 saturated heterocycles. The van der Waals surface area contributed by atoms with E-state index in [0.29, 0.717) is 12.3 Å². The van der Waals surface area contributed by atoms with Crippen molar-refractivity contribution in [3.63, 3.8) is 0 Å². The highest BCUT2D eigenvalue weighted by molar-refractivity contribution is 5.67. The van der Waals surface area contributed by atoms with Crippen molar-refractivity contribution in [1.82, 2.24) is 0 Å². The molecule has 0 fully saturated rings. The van der Waals surface area contributed by atoms with Gasteiger partial charge in [-0.1, -0.05) is 12.2 Å². The molecule has 0 bridgehead atoms. The molecular weight excluding hydrogens is 204 g/mol. The van der Waals surface area contributed by atoms with Gasteiger partial charge < -0.3 is 9.84 Å². The minimum Gasteiger partial charge on any atom is -0.431 e. The van der Waals surface area contributed by atoms with Gasteiger partial charge in [0.1, 0.15) is 5.76 Å². The SMILES string of the molecule is C=C(C)C1CCC(CCO)=C(OC(C)=O)C1. The number of carbonyl (C=O) groups excluding carboxylic acids is 1. The fourth-order valence-electron chi connectivity index (χ4n) is 2.07. The topological polar surface area (TPSA) is 46.5 Å². The monoisotopic (exact) mass is 224 g/mol. The fraction of sp³-hybridized carbons (Fsp3) is 0.615. The molecule has 0 heterocycles. The second kappa shape index (κ2) is 5.85. The summed E-state index contributed by atoms with van der Waals surface area (Å²) >= 11 is 0. The first-order chi connectivity index (χ1) is 7.54. The molecule has 0 amide bonds. The molecule has 0 saturated carbocycles. The molecule has 0 aromatic heterocycles. The highest BCUT2D eigenvalue weighted by Crippen LogP contribution is 2.35. The van der Waals surface area contributed by atoms with Crippen molar-refractivity contribution in [1.29, 1.82) is 0 Å². The van der Waals surface area contributed by atoms with Crippen molar-refractivity contribution in [2.75, 3.05) is 6.61 Å². The lowest BCUT2D eigenvalue weighted by atomic mass is 9.83. The zero-order valence-corrected chi connectivity index (χ0v) is 10.1. The van der Waals surface area contributed by atoms with E-state index in [9.17, 15) is 4.79 Å². The summed E-state index contributed by atoms with van der Waals surface area (Å²) in [4.78, 5) is 11.0. The van der Waals surface area contributed by atoms with Crippen molar-refractivity contribution in [3.8, 4) is 0 Å². The van der Waals surface area contributed by atoms with Crippen LogP contribution in [0.2, 0.25) is 0 Å². The molecule has 1 atom stereocenters. The van der Waals surface area contributed by atoms with Gasteiger partial charge in [-0.15, -0.1) is 0 Å². The number of carbonyl (C=O) groups is 1. The third kappa shape index (κ3) is 3.49. The van der Waals surface area contributed by atoms with Gasteiger partial charge in [-0.05, 0) is 37.7 Å². The Bertz CT molecular complexity index is 315. The summed E-state index contributed by atoms with van der Waals surface area (Å²) in [6, 6.07) is 0. The van der Waals surface area contributed by atoms with Gasteiger partial charge in [0, 0.05) is 20.0 Å². The summed E-state index contributed by atoms with van der Waals surface area (Å²) in [6.45, 7) is 7.48. The van der Waals surface area contributed by atoms with Gasteiger partial charge in [-0.2, -0.15) is 0 Å². The summed E-state index contributed by atoms with van der Waals surface area (Å²) in [5.41, 5.74) is 2.21. The van der Waals surface area contributed by atoms with E-state index in [0.717, 1.165) is 36.2 Å². The third-order valence-electron chi connectivity index (χ3n) is 3.00. The van der Waals surface area contributed by atoms with Crippen molar-refractivity contribution in [2.24, 2.45) is 5.92 Å². The third-order valence-corrected chi connectivity index (χ3v) is 3.00. The van der Waals surface area contributed by atoms with E-state index in [-0.39, 0.29) is 12.6 Å². The van der Waals surface area contributed by atoms with Gasteiger partial charge >= 0.3 is 5.97 Å². The number of ether oxygens (including phenoxy) is 1. The molecule has 0 radical (unpaired) electrons. The van der Waals surface area contributed by atoms with Gasteiger partial charge in [0.05, 0.1) is 0 Å². The van der Waals surface area contributed by atoms with Crippen LogP contribution in [0.15, 0.2) is 23.5 Å². The van der Waals surface area contributed by atoms with E-state index in [1.165, 1.54) is 6.92 Å². The van der Waals surface area contributed by atoms with E-state index >= 15 is 0 Å². The fourth-order valence-corrected chi connectivity index (χ4v) is 2.07. The smallest absolute Gasteiger partial charge is 0.307 e. The van der Waals surface area contributed by atoms with Gasteiger partial charge in [0.25, 0.3) is 0 Å². The minimum atomic E-state index is -0.284. The number of hydrogen-bond donors (Lipinski definition) is 1. The molecule has 0 aliphatic heterocycles. The van der Waals surface area contributed by atoms with Crippen molar-refractivity contribution < 1.29 is 14.6 Å². The summed E-state index contributed by atoms with van der Waals surface area (Å²) < 4.78 is 5.23. The largest absolute Gasteiger partial charge is 0.431 e. The van der Waals surface area contributed by atoms with Crippen LogP contribution >= 0.6 is 0 Å². The first kappa shape index (κ1) is 13.0. The van der Waals surface area contributed by atoms with E-state index < -0.39 is 0 Å². The van der Waals surface area contributed by atoms with Crippen LogP contribution in [-0.4, -0.2) is 17.7 Å². The van der Waals surface area contributed by atoms with Crippen LogP contribution in [-0.2, 0) is 9.53 Å². The summed E-state index contributed by atoms with van der Waals surface area (Å²) in [5.74, 6) is 0.866. The average Bonchev–Trinajstić information content (AvgIpc) is 2.19. The standard InChI is InChI=1S/C13H20O3/c1-9(2)12-5-4-11(6-7-14)13(8-12)16-10(3)15/h12,14H,1,4-8H2,2-3H3. The molecule has 1 N–H and O–H groups in total. The lowest BCUT2D eigenvalue weighted by Gasteiger charge is -2.26. The molecule has 3 heteroatoms. The molecule has 16 heavy (non-hydrogen) atoms. The highest BCUT2D eigenvalue weighted by Gasteiger charge is 2.23. The number of aliphatic hydroxyl groups excluding tert-OH is 1. The lowest BCUT2D eigenvalue weighted by molar-refractivity contribution is -0.137. The molecule has 1 rings (SSSR count). The minimum absolute atomic E-state index is 0.109. The maximum atomic E-state index is 11.0. The number of esters is 1. The van der Waals surface area contributed by atoms with Crippen LogP contribution in [0.1, 0.15) is 39.5 Å². The average molecular weight is 224 g/mol. The van der Waals surface area contributed by atoms with E-state index in [1.807, 2.05) is 6.92 Å². The number of aliphatic hydroxyl groups is 1. The maximum absolute atomic E-state index is 11.0. The predicted molar refractivity (Wildman–Crippen MR) is 62.6 cm³/mol. The van der Waals surface area contributed by atoms with E-state index in [2.05, 4.69) is 6.58 Å². The number of allylic oxidation sites excluding steroid dienone is 2. The molecule has 0 aromatic rings. The van der Waals surface area contributed by atoms with Crippen LogP contribution in [0, 0.1) is 5.92 Å². The zero-order chi connectivity index (χ0) is 12.1. The molecular formula is C13H20O3. The molecule has 0 aromatic carbocycles. The van der Waals surface area contributed by atoms with Crippen molar-refractivity contribution in [2.45, 2.75) is 39.5 Å². The Kier molecular flexibility index (Phi) is 4.74. The molecule has 90 valence electrons. The maximum Gasteiger partial charge on any atom is 0.307 e. The number of hydrogen-bond acceptors (Lipinski definition) is 3. The van der Waals surface area contributed by atoms with E-state index in [4.69, 9.17) is 9.84 Å². The highest BCUT2D eigenvalue weighted by atomic mass is 16.5. The second-order valence-corrected chi connectivity index (χ2v) is 4.38. The van der Waals surface area contributed by atoms with Crippen molar-refractivity contribution >= 4 is 5.97 Å². The molecule has 3 nitrogen and oxygen atoms in total. The lowest BCUT2D eigenvalue weighted by Crippen LogP contribution is -2.15. The Morgan fingerprint density at radius 2 is 2.25 bits per heavy atom. The van der Waals surface area contributed by atoms with E-state index in [1.54, 1.807) is 0 Å². The Hall–Kier alpha value is -1.09. The Balaban J connectivity index is 2.79. The van der Waals surface area contributed by atoms with Gasteiger partial charge in [-0.25, -0.2) is 0 Å². The van der Waals surface area contributed by atoms with Gasteiger partial charge in [0.2, 0.25) is 0 Å². The predicted octanol–water partition coefficient (Wildman–Crippen LogP) is 2.56. The summed E-state index contributed by atoms with van der Waals surface area (Å²) in [6.07, 6.45) is 3.27. The molecule has 1 unspecified atom stereocenters. The second-order valence-electron chi connectivity index (χ2n) is 4.38. The summed E-state index contributed by atoms with van der Waals surface area (Å²) in [7, 11) is 0. The Morgan fingerprint density at radius 1 is 1.56 bits per heavy atom. The first-order valence-corrected chi connectivity index (χ1v) is 5.70. The Labute approximate surface area is 96.8 Å². The Morgan fingerprint density at radius 3 is 2.75 bits per heavy atom. The normalized spacial score (nSPS) is 20.8. The number of rotatable bonds is 4. The van der Waals surface area contributed by atoms with Gasteiger partial charge in [0.15, 0.2) is 0 Å². The molecule has 1 aliphatic rings. The zero-order valence-electron chi connectivity index (χ0n) is 10.1. The van der Waals surface area contributed by atoms with Gasteiger partial charge in [-0.3, -0.25) is 4.79 Å². The van der Waals surface area contributed by atoms with Crippen LogP contribution in [0.5, 0.6) is 0 Å². The molecule has 1 aliphatic carbocycles. The summed E-state index contributed by atoms with van der Waals surface area (Å²) in [5, 5.41) is 8.95. The van der Waals surface area contributed by atoms with Crippen LogP contribution in [0.4, 0.5) is 0 Å². The van der Waals surface area contributed by atoms with Crippen LogP contribution in [0.25, 0.3) is 0 Å².